The van der Waals surface area contributed by atoms with Crippen LogP contribution in [0.1, 0.15) is 39.0 Å². The fourth-order valence-corrected chi connectivity index (χ4v) is 3.02. The third-order valence-electron chi connectivity index (χ3n) is 4.52. The van der Waals surface area contributed by atoms with Crippen molar-refractivity contribution < 1.29 is 9.53 Å². The molecule has 0 saturated carbocycles. The smallest absolute Gasteiger partial charge is 0.236 e. The lowest BCUT2D eigenvalue weighted by Crippen LogP contribution is -2.49. The molecule has 1 fully saturated rings. The van der Waals surface area contributed by atoms with Crippen LogP contribution >= 0.6 is 0 Å². The van der Waals surface area contributed by atoms with E-state index in [4.69, 9.17) is 4.74 Å². The Hall–Kier alpha value is -0.910. The van der Waals surface area contributed by atoms with Gasteiger partial charge < -0.3 is 20.3 Å². The zero-order valence-electron chi connectivity index (χ0n) is 14.1. The minimum absolute atomic E-state index is 0.0839. The second-order valence-corrected chi connectivity index (χ2v) is 6.53. The highest BCUT2D eigenvalue weighted by Crippen LogP contribution is 2.19. The molecule has 1 aliphatic heterocycles. The van der Waals surface area contributed by atoms with Crippen molar-refractivity contribution in [3.63, 3.8) is 0 Å². The SMILES string of the molecule is C[C@@H](NC[C@@H]1CN(C)CCO1)C(=O)NCCC1=CCCCC1. The predicted octanol–water partition coefficient (Wildman–Crippen LogP) is 1.30. The quantitative estimate of drug-likeness (QED) is 0.696. The number of carbonyl (C=O) groups excluding carboxylic acids is 1. The van der Waals surface area contributed by atoms with Crippen LogP contribution in [0.3, 0.4) is 0 Å². The maximum absolute atomic E-state index is 12.1. The van der Waals surface area contributed by atoms with E-state index in [1.54, 1.807) is 0 Å². The molecule has 0 aromatic rings. The van der Waals surface area contributed by atoms with Crippen molar-refractivity contribution in [1.29, 1.82) is 0 Å². The largest absolute Gasteiger partial charge is 0.374 e. The number of hydrogen-bond donors (Lipinski definition) is 2. The second kappa shape index (κ2) is 9.28. The van der Waals surface area contributed by atoms with Gasteiger partial charge in [-0.25, -0.2) is 0 Å². The first kappa shape index (κ1) is 17.4. The molecule has 0 aromatic heterocycles. The highest BCUT2D eigenvalue weighted by Gasteiger charge is 2.19. The third-order valence-corrected chi connectivity index (χ3v) is 4.52. The fraction of sp³-hybridized carbons (Fsp3) is 0.824. The molecule has 126 valence electrons. The normalized spacial score (nSPS) is 24.6. The Morgan fingerprint density at radius 2 is 2.36 bits per heavy atom. The topological polar surface area (TPSA) is 53.6 Å². The minimum atomic E-state index is -0.170. The average molecular weight is 309 g/mol. The van der Waals surface area contributed by atoms with Gasteiger partial charge in [-0.05, 0) is 46.1 Å². The first-order valence-electron chi connectivity index (χ1n) is 8.64. The Kier molecular flexibility index (Phi) is 7.36. The zero-order chi connectivity index (χ0) is 15.8. The van der Waals surface area contributed by atoms with Gasteiger partial charge in [0.1, 0.15) is 0 Å². The predicted molar refractivity (Wildman–Crippen MR) is 88.9 cm³/mol. The molecule has 0 aromatic carbocycles. The van der Waals surface area contributed by atoms with Crippen molar-refractivity contribution in [1.82, 2.24) is 15.5 Å². The summed E-state index contributed by atoms with van der Waals surface area (Å²) in [6.45, 7) is 6.08. The lowest BCUT2D eigenvalue weighted by Gasteiger charge is -2.30. The molecule has 0 spiro atoms. The summed E-state index contributed by atoms with van der Waals surface area (Å²) in [6, 6.07) is -0.170. The number of ether oxygens (including phenoxy) is 1. The molecule has 1 saturated heterocycles. The third kappa shape index (κ3) is 6.07. The van der Waals surface area contributed by atoms with Gasteiger partial charge in [-0.2, -0.15) is 0 Å². The number of rotatable bonds is 7. The van der Waals surface area contributed by atoms with Crippen molar-refractivity contribution in [2.24, 2.45) is 0 Å². The number of allylic oxidation sites excluding steroid dienone is 1. The Morgan fingerprint density at radius 3 is 3.09 bits per heavy atom. The molecule has 5 heteroatoms. The van der Waals surface area contributed by atoms with Gasteiger partial charge in [0, 0.05) is 26.2 Å². The van der Waals surface area contributed by atoms with Crippen LogP contribution in [0.2, 0.25) is 0 Å². The standard InChI is InChI=1S/C17H31N3O2/c1-14(19-12-16-13-20(2)10-11-22-16)17(21)18-9-8-15-6-4-3-5-7-15/h6,14,16,19H,3-5,7-13H2,1-2H3,(H,18,21)/t14-,16-/m1/s1. The Bertz CT molecular complexity index is 384. The fourth-order valence-electron chi connectivity index (χ4n) is 3.02. The maximum Gasteiger partial charge on any atom is 0.236 e. The molecular weight excluding hydrogens is 278 g/mol. The van der Waals surface area contributed by atoms with Crippen LogP contribution in [-0.4, -0.2) is 62.8 Å². The van der Waals surface area contributed by atoms with Gasteiger partial charge in [-0.3, -0.25) is 4.79 Å². The average Bonchev–Trinajstić information content (AvgIpc) is 2.53. The van der Waals surface area contributed by atoms with Crippen LogP contribution in [0.25, 0.3) is 0 Å². The summed E-state index contributed by atoms with van der Waals surface area (Å²) >= 11 is 0. The number of likely N-dealkylation sites (N-methyl/N-ethyl adjacent to an activating group) is 1. The Morgan fingerprint density at radius 1 is 1.50 bits per heavy atom. The second-order valence-electron chi connectivity index (χ2n) is 6.53. The summed E-state index contributed by atoms with van der Waals surface area (Å²) in [5.74, 6) is 0.0839. The summed E-state index contributed by atoms with van der Waals surface area (Å²) in [6.07, 6.45) is 8.54. The van der Waals surface area contributed by atoms with Crippen LogP contribution in [0.15, 0.2) is 11.6 Å². The van der Waals surface area contributed by atoms with Crippen molar-refractivity contribution >= 4 is 5.91 Å². The number of morpholine rings is 1. The molecule has 5 nitrogen and oxygen atoms in total. The van der Waals surface area contributed by atoms with Crippen molar-refractivity contribution in [2.75, 3.05) is 39.8 Å². The van der Waals surface area contributed by atoms with E-state index in [-0.39, 0.29) is 18.1 Å². The van der Waals surface area contributed by atoms with E-state index in [1.165, 1.54) is 31.3 Å². The molecular formula is C17H31N3O2. The molecule has 1 aliphatic carbocycles. The van der Waals surface area contributed by atoms with Gasteiger partial charge in [0.25, 0.3) is 0 Å². The highest BCUT2D eigenvalue weighted by molar-refractivity contribution is 5.81. The van der Waals surface area contributed by atoms with E-state index in [2.05, 4.69) is 28.7 Å². The number of hydrogen-bond acceptors (Lipinski definition) is 4. The lowest BCUT2D eigenvalue weighted by molar-refractivity contribution is -0.122. The molecule has 2 rings (SSSR count). The molecule has 0 radical (unpaired) electrons. The van der Waals surface area contributed by atoms with Gasteiger partial charge in [-0.1, -0.05) is 11.6 Å². The first-order chi connectivity index (χ1) is 10.6. The Balaban J connectivity index is 1.59. The van der Waals surface area contributed by atoms with Gasteiger partial charge in [0.05, 0.1) is 18.8 Å². The summed E-state index contributed by atoms with van der Waals surface area (Å²) < 4.78 is 5.70. The first-order valence-corrected chi connectivity index (χ1v) is 8.64. The van der Waals surface area contributed by atoms with E-state index >= 15 is 0 Å². The van der Waals surface area contributed by atoms with Crippen LogP contribution in [-0.2, 0) is 9.53 Å². The van der Waals surface area contributed by atoms with Crippen molar-refractivity contribution in [3.8, 4) is 0 Å². The van der Waals surface area contributed by atoms with Crippen molar-refractivity contribution in [3.05, 3.63) is 11.6 Å². The van der Waals surface area contributed by atoms with E-state index in [0.717, 1.165) is 39.2 Å². The molecule has 1 heterocycles. The number of carbonyl (C=O) groups is 1. The molecule has 22 heavy (non-hydrogen) atoms. The van der Waals surface area contributed by atoms with Gasteiger partial charge >= 0.3 is 0 Å². The van der Waals surface area contributed by atoms with Crippen LogP contribution in [0, 0.1) is 0 Å². The maximum atomic E-state index is 12.1. The molecule has 0 bridgehead atoms. The molecule has 2 atom stereocenters. The molecule has 1 amide bonds. The minimum Gasteiger partial charge on any atom is -0.374 e. The molecule has 2 aliphatic rings. The monoisotopic (exact) mass is 309 g/mol. The summed E-state index contributed by atoms with van der Waals surface area (Å²) in [5.41, 5.74) is 1.51. The van der Waals surface area contributed by atoms with Gasteiger partial charge in [0.2, 0.25) is 5.91 Å². The van der Waals surface area contributed by atoms with Crippen molar-refractivity contribution in [2.45, 2.75) is 51.2 Å². The number of nitrogens with zero attached hydrogens (tertiary/aromatic N) is 1. The van der Waals surface area contributed by atoms with E-state index in [1.807, 2.05) is 6.92 Å². The summed E-state index contributed by atoms with van der Waals surface area (Å²) in [5, 5.41) is 6.32. The van der Waals surface area contributed by atoms with E-state index in [0.29, 0.717) is 0 Å². The van der Waals surface area contributed by atoms with E-state index in [9.17, 15) is 4.79 Å². The van der Waals surface area contributed by atoms with Crippen LogP contribution in [0.4, 0.5) is 0 Å². The number of nitrogens with one attached hydrogen (secondary N) is 2. The lowest BCUT2D eigenvalue weighted by atomic mass is 9.97. The highest BCUT2D eigenvalue weighted by atomic mass is 16.5. The van der Waals surface area contributed by atoms with Gasteiger partial charge in [0.15, 0.2) is 0 Å². The van der Waals surface area contributed by atoms with Crippen LogP contribution in [0.5, 0.6) is 0 Å². The molecule has 2 N–H and O–H groups in total. The summed E-state index contributed by atoms with van der Waals surface area (Å²) in [7, 11) is 2.10. The number of amides is 1. The van der Waals surface area contributed by atoms with Crippen LogP contribution < -0.4 is 10.6 Å². The Labute approximate surface area is 134 Å². The van der Waals surface area contributed by atoms with E-state index < -0.39 is 0 Å². The summed E-state index contributed by atoms with van der Waals surface area (Å²) in [4.78, 5) is 14.3. The zero-order valence-corrected chi connectivity index (χ0v) is 14.1. The molecule has 0 unspecified atom stereocenters. The van der Waals surface area contributed by atoms with Gasteiger partial charge in [-0.15, -0.1) is 0 Å².